The molecule has 2 aromatic carbocycles. The number of amides is 2. The average molecular weight is 393 g/mol. The minimum atomic E-state index is -0.934. The second-order valence-electron chi connectivity index (χ2n) is 5.60. The van der Waals surface area contributed by atoms with E-state index < -0.39 is 47.2 Å². The highest BCUT2D eigenvalue weighted by molar-refractivity contribution is 5.94. The number of nitro benzene ring substituents is 1. The Morgan fingerprint density at radius 1 is 1.18 bits per heavy atom. The van der Waals surface area contributed by atoms with Crippen LogP contribution in [-0.2, 0) is 9.59 Å². The zero-order valence-electron chi connectivity index (χ0n) is 14.9. The number of non-ortho nitro benzene ring substituents is 1. The van der Waals surface area contributed by atoms with E-state index in [1.807, 2.05) is 0 Å². The van der Waals surface area contributed by atoms with Crippen LogP contribution in [-0.4, -0.2) is 41.3 Å². The molecule has 0 aliphatic rings. The molecule has 0 aromatic heterocycles. The molecule has 148 valence electrons. The van der Waals surface area contributed by atoms with Gasteiger partial charge in [-0.1, -0.05) is 12.1 Å². The molecular formula is C18H17F2N3O5. The minimum absolute atomic E-state index is 0.122. The Morgan fingerprint density at radius 2 is 1.82 bits per heavy atom. The molecule has 0 aliphatic heterocycles. The molecule has 0 heterocycles. The van der Waals surface area contributed by atoms with Gasteiger partial charge in [-0.25, -0.2) is 8.78 Å². The highest BCUT2D eigenvalue weighted by atomic mass is 19.1. The maximum Gasteiger partial charge on any atom is 0.273 e. The standard InChI is InChI=1S/C18H17F2N3O5/c1-2-22(10-16(24)21-18-14(19)7-4-8-15(18)20)17(25)11-28-13-6-3-5-12(9-13)23(26)27/h3-9H,2,10-11H2,1H3,(H,21,24). The number of ether oxygens (including phenoxy) is 1. The fourth-order valence-corrected chi connectivity index (χ4v) is 2.27. The quantitative estimate of drug-likeness (QED) is 0.549. The molecule has 0 saturated heterocycles. The van der Waals surface area contributed by atoms with Gasteiger partial charge in [-0.15, -0.1) is 0 Å². The summed E-state index contributed by atoms with van der Waals surface area (Å²) in [6.45, 7) is 0.851. The van der Waals surface area contributed by atoms with Crippen molar-refractivity contribution in [2.45, 2.75) is 6.92 Å². The largest absolute Gasteiger partial charge is 0.484 e. The van der Waals surface area contributed by atoms with Crippen LogP contribution in [0.3, 0.4) is 0 Å². The summed E-state index contributed by atoms with van der Waals surface area (Å²) in [4.78, 5) is 35.5. The first-order chi connectivity index (χ1) is 13.3. The number of benzene rings is 2. The van der Waals surface area contributed by atoms with E-state index in [1.54, 1.807) is 6.92 Å². The zero-order chi connectivity index (χ0) is 20.7. The summed E-state index contributed by atoms with van der Waals surface area (Å²) in [6, 6.07) is 8.45. The Morgan fingerprint density at radius 3 is 2.43 bits per heavy atom. The van der Waals surface area contributed by atoms with Gasteiger partial charge in [0, 0.05) is 12.6 Å². The van der Waals surface area contributed by atoms with Gasteiger partial charge in [0.25, 0.3) is 11.6 Å². The number of nitro groups is 1. The zero-order valence-corrected chi connectivity index (χ0v) is 14.9. The molecule has 10 heteroatoms. The number of halogens is 2. The summed E-state index contributed by atoms with van der Waals surface area (Å²) in [6.07, 6.45) is 0. The Hall–Kier alpha value is -3.56. The lowest BCUT2D eigenvalue weighted by molar-refractivity contribution is -0.384. The SMILES string of the molecule is CCN(CC(=O)Nc1c(F)cccc1F)C(=O)COc1cccc([N+](=O)[O-])c1. The molecule has 2 aromatic rings. The molecule has 0 atom stereocenters. The molecule has 0 aliphatic carbocycles. The van der Waals surface area contributed by atoms with Crippen LogP contribution >= 0.6 is 0 Å². The summed E-state index contributed by atoms with van der Waals surface area (Å²) >= 11 is 0. The molecular weight excluding hydrogens is 376 g/mol. The molecule has 0 unspecified atom stereocenters. The third-order valence-electron chi connectivity index (χ3n) is 3.69. The van der Waals surface area contributed by atoms with Crippen LogP contribution in [0, 0.1) is 21.7 Å². The number of hydrogen-bond acceptors (Lipinski definition) is 5. The summed E-state index contributed by atoms with van der Waals surface area (Å²) < 4.78 is 32.4. The smallest absolute Gasteiger partial charge is 0.273 e. The lowest BCUT2D eigenvalue weighted by Gasteiger charge is -2.20. The Labute approximate surface area is 158 Å². The molecule has 0 radical (unpaired) electrons. The topological polar surface area (TPSA) is 102 Å². The molecule has 2 rings (SSSR count). The highest BCUT2D eigenvalue weighted by Gasteiger charge is 2.19. The fourth-order valence-electron chi connectivity index (χ4n) is 2.27. The van der Waals surface area contributed by atoms with E-state index in [1.165, 1.54) is 18.2 Å². The van der Waals surface area contributed by atoms with Gasteiger partial charge in [0.05, 0.1) is 17.5 Å². The van der Waals surface area contributed by atoms with Gasteiger partial charge >= 0.3 is 0 Å². The van der Waals surface area contributed by atoms with Gasteiger partial charge in [-0.05, 0) is 25.1 Å². The summed E-state index contributed by atoms with van der Waals surface area (Å²) in [5, 5.41) is 12.8. The van der Waals surface area contributed by atoms with E-state index >= 15 is 0 Å². The van der Waals surface area contributed by atoms with Crippen molar-refractivity contribution in [1.29, 1.82) is 0 Å². The van der Waals surface area contributed by atoms with Crippen LogP contribution in [0.5, 0.6) is 5.75 Å². The van der Waals surface area contributed by atoms with Crippen molar-refractivity contribution in [2.24, 2.45) is 0 Å². The van der Waals surface area contributed by atoms with Crippen molar-refractivity contribution in [3.63, 3.8) is 0 Å². The van der Waals surface area contributed by atoms with Crippen LogP contribution in [0.4, 0.5) is 20.2 Å². The predicted molar refractivity (Wildman–Crippen MR) is 95.8 cm³/mol. The molecule has 2 amide bonds. The summed E-state index contributed by atoms with van der Waals surface area (Å²) in [7, 11) is 0. The maximum atomic E-state index is 13.6. The van der Waals surface area contributed by atoms with Gasteiger partial charge in [0.2, 0.25) is 5.91 Å². The van der Waals surface area contributed by atoms with E-state index in [4.69, 9.17) is 4.74 Å². The third kappa shape index (κ3) is 5.47. The normalized spacial score (nSPS) is 10.2. The van der Waals surface area contributed by atoms with Crippen LogP contribution in [0.15, 0.2) is 42.5 Å². The molecule has 0 saturated carbocycles. The van der Waals surface area contributed by atoms with Gasteiger partial charge in [0.15, 0.2) is 6.61 Å². The number of likely N-dealkylation sites (N-methyl/N-ethyl adjacent to an activating group) is 1. The summed E-state index contributed by atoms with van der Waals surface area (Å²) in [5.74, 6) is -3.10. The van der Waals surface area contributed by atoms with E-state index in [2.05, 4.69) is 5.32 Å². The van der Waals surface area contributed by atoms with Crippen molar-refractivity contribution >= 4 is 23.2 Å². The molecule has 0 fully saturated rings. The van der Waals surface area contributed by atoms with Crippen LogP contribution < -0.4 is 10.1 Å². The van der Waals surface area contributed by atoms with Crippen molar-refractivity contribution in [3.8, 4) is 5.75 Å². The van der Waals surface area contributed by atoms with Crippen LogP contribution in [0.2, 0.25) is 0 Å². The number of nitrogens with one attached hydrogen (secondary N) is 1. The number of anilines is 1. The summed E-state index contributed by atoms with van der Waals surface area (Å²) in [5.41, 5.74) is -0.785. The van der Waals surface area contributed by atoms with Crippen LogP contribution in [0.25, 0.3) is 0 Å². The molecule has 1 N–H and O–H groups in total. The van der Waals surface area contributed by atoms with Crippen molar-refractivity contribution in [1.82, 2.24) is 4.90 Å². The van der Waals surface area contributed by atoms with Crippen LogP contribution in [0.1, 0.15) is 6.92 Å². The first kappa shape index (κ1) is 20.7. The lowest BCUT2D eigenvalue weighted by atomic mass is 10.3. The fraction of sp³-hybridized carbons (Fsp3) is 0.222. The van der Waals surface area contributed by atoms with Crippen molar-refractivity contribution in [3.05, 3.63) is 64.2 Å². The number of rotatable bonds is 8. The monoisotopic (exact) mass is 393 g/mol. The lowest BCUT2D eigenvalue weighted by Crippen LogP contribution is -2.40. The number of carbonyl (C=O) groups excluding carboxylic acids is 2. The Kier molecular flexibility index (Phi) is 6.96. The van der Waals surface area contributed by atoms with E-state index in [0.717, 1.165) is 29.2 Å². The number of carbonyl (C=O) groups is 2. The number of hydrogen-bond donors (Lipinski definition) is 1. The third-order valence-corrected chi connectivity index (χ3v) is 3.69. The number of para-hydroxylation sites is 1. The maximum absolute atomic E-state index is 13.6. The molecule has 0 bridgehead atoms. The van der Waals surface area contributed by atoms with E-state index in [-0.39, 0.29) is 18.0 Å². The average Bonchev–Trinajstić information content (AvgIpc) is 2.67. The van der Waals surface area contributed by atoms with Crippen molar-refractivity contribution in [2.75, 3.05) is 25.0 Å². The predicted octanol–water partition coefficient (Wildman–Crippen LogP) is 2.74. The van der Waals surface area contributed by atoms with Gasteiger partial charge in [-0.3, -0.25) is 19.7 Å². The highest BCUT2D eigenvalue weighted by Crippen LogP contribution is 2.19. The number of nitrogens with zero attached hydrogens (tertiary/aromatic N) is 2. The van der Waals surface area contributed by atoms with Crippen molar-refractivity contribution < 1.29 is 28.0 Å². The molecule has 28 heavy (non-hydrogen) atoms. The molecule has 0 spiro atoms. The van der Waals surface area contributed by atoms with Gasteiger partial charge in [-0.2, -0.15) is 0 Å². The second-order valence-corrected chi connectivity index (χ2v) is 5.60. The second kappa shape index (κ2) is 9.40. The van der Waals surface area contributed by atoms with E-state index in [9.17, 15) is 28.5 Å². The van der Waals surface area contributed by atoms with Gasteiger partial charge in [0.1, 0.15) is 23.1 Å². The van der Waals surface area contributed by atoms with Gasteiger partial charge < -0.3 is 15.0 Å². The van der Waals surface area contributed by atoms with E-state index in [0.29, 0.717) is 0 Å². The Balaban J connectivity index is 1.95. The minimum Gasteiger partial charge on any atom is -0.484 e. The first-order valence-corrected chi connectivity index (χ1v) is 8.20. The Bertz CT molecular complexity index is 871. The first-order valence-electron chi connectivity index (χ1n) is 8.20. The molecule has 8 nitrogen and oxygen atoms in total.